The lowest BCUT2D eigenvalue weighted by Crippen LogP contribution is -2.53. The van der Waals surface area contributed by atoms with Crippen LogP contribution in [0.4, 0.5) is 0 Å². The maximum atomic E-state index is 14.1. The van der Waals surface area contributed by atoms with Gasteiger partial charge in [-0.2, -0.15) is 12.9 Å². The molecule has 49 heavy (non-hydrogen) atoms. The fourth-order valence-electron chi connectivity index (χ4n) is 5.11. The lowest BCUT2D eigenvalue weighted by Gasteiger charge is -2.29. The number of hydrogen-bond donors (Lipinski definition) is 2. The first kappa shape index (κ1) is 38.1. The second-order valence-electron chi connectivity index (χ2n) is 12.2. The first-order chi connectivity index (χ1) is 22.9. The highest BCUT2D eigenvalue weighted by Crippen LogP contribution is 2.22. The summed E-state index contributed by atoms with van der Waals surface area (Å²) in [6.45, 7) is 5.66. The third-order valence-electron chi connectivity index (χ3n) is 8.34. The van der Waals surface area contributed by atoms with E-state index in [4.69, 9.17) is 0 Å². The molecule has 4 rings (SSSR count). The molecule has 2 amide bonds. The van der Waals surface area contributed by atoms with Gasteiger partial charge in [0, 0.05) is 38.3 Å². The molecule has 0 radical (unpaired) electrons. The normalized spacial score (nSPS) is 20.5. The summed E-state index contributed by atoms with van der Waals surface area (Å²) in [6.07, 6.45) is 0. The number of benzene rings is 3. The summed E-state index contributed by atoms with van der Waals surface area (Å²) in [5.74, 6) is -1.34. The van der Waals surface area contributed by atoms with Crippen LogP contribution in [0.2, 0.25) is 0 Å². The number of amides is 2. The van der Waals surface area contributed by atoms with E-state index >= 15 is 0 Å². The number of sulfonamides is 3. The average molecular weight is 734 g/mol. The van der Waals surface area contributed by atoms with Gasteiger partial charge >= 0.3 is 0 Å². The van der Waals surface area contributed by atoms with Crippen LogP contribution >= 0.6 is 0 Å². The Bertz CT molecular complexity index is 1860. The molecule has 2 atom stereocenters. The molecule has 16 heteroatoms. The molecule has 0 saturated carbocycles. The molecule has 0 unspecified atom stereocenters. The van der Waals surface area contributed by atoms with Crippen LogP contribution in [0.1, 0.15) is 30.5 Å². The van der Waals surface area contributed by atoms with E-state index in [1.807, 2.05) is 0 Å². The fraction of sp³-hybridized carbons (Fsp3) is 0.394. The summed E-state index contributed by atoms with van der Waals surface area (Å²) in [7, 11) is -12.9. The van der Waals surface area contributed by atoms with Crippen molar-refractivity contribution < 1.29 is 34.8 Å². The Labute approximate surface area is 289 Å². The van der Waals surface area contributed by atoms with Gasteiger partial charge in [-0.15, -0.1) is 0 Å². The van der Waals surface area contributed by atoms with E-state index in [1.165, 1.54) is 36.4 Å². The zero-order valence-electron chi connectivity index (χ0n) is 28.2. The zero-order valence-corrected chi connectivity index (χ0v) is 30.6. The smallest absolute Gasteiger partial charge is 0.243 e. The Balaban J connectivity index is 1.80. The van der Waals surface area contributed by atoms with E-state index < -0.39 is 93.2 Å². The molecule has 266 valence electrons. The second kappa shape index (κ2) is 15.5. The number of carbonyl (C=O) groups is 2. The molecule has 1 heterocycles. The highest BCUT2D eigenvalue weighted by molar-refractivity contribution is 7.89. The zero-order chi connectivity index (χ0) is 36.1. The fourth-order valence-corrected chi connectivity index (χ4v) is 9.31. The van der Waals surface area contributed by atoms with Crippen LogP contribution in [-0.2, 0) is 39.7 Å². The molecule has 13 nitrogen and oxygen atoms in total. The van der Waals surface area contributed by atoms with Crippen molar-refractivity contribution >= 4 is 41.9 Å². The number of rotatable bonds is 6. The minimum atomic E-state index is -4.32. The number of hydrogen-bond acceptors (Lipinski definition) is 8. The summed E-state index contributed by atoms with van der Waals surface area (Å²) in [6, 6.07) is 16.8. The van der Waals surface area contributed by atoms with Crippen LogP contribution in [0.5, 0.6) is 0 Å². The third-order valence-corrected chi connectivity index (χ3v) is 14.0. The van der Waals surface area contributed by atoms with Crippen LogP contribution in [0.25, 0.3) is 0 Å². The molecule has 0 aromatic heterocycles. The first-order valence-corrected chi connectivity index (χ1v) is 20.0. The lowest BCUT2D eigenvalue weighted by molar-refractivity contribution is -0.124. The van der Waals surface area contributed by atoms with E-state index in [-0.39, 0.29) is 14.7 Å². The van der Waals surface area contributed by atoms with Gasteiger partial charge in [-0.25, -0.2) is 25.3 Å². The van der Waals surface area contributed by atoms with Crippen molar-refractivity contribution in [2.24, 2.45) is 0 Å². The van der Waals surface area contributed by atoms with Gasteiger partial charge < -0.3 is 10.6 Å². The quantitative estimate of drug-likeness (QED) is 0.388. The van der Waals surface area contributed by atoms with Crippen molar-refractivity contribution in [1.29, 1.82) is 0 Å². The van der Waals surface area contributed by atoms with E-state index in [1.54, 1.807) is 71.0 Å². The monoisotopic (exact) mass is 733 g/mol. The molecule has 1 aliphatic rings. The molecule has 0 bridgehead atoms. The van der Waals surface area contributed by atoms with Crippen LogP contribution < -0.4 is 10.6 Å². The van der Waals surface area contributed by atoms with Crippen LogP contribution in [0.15, 0.2) is 87.5 Å². The Kier molecular flexibility index (Phi) is 12.0. The topological polar surface area (TPSA) is 170 Å². The van der Waals surface area contributed by atoms with E-state index in [2.05, 4.69) is 10.6 Å². The van der Waals surface area contributed by atoms with Crippen molar-refractivity contribution in [2.75, 3.05) is 39.3 Å². The number of aryl methyl sites for hydroxylation is 3. The van der Waals surface area contributed by atoms with Crippen LogP contribution in [0, 0.1) is 20.8 Å². The van der Waals surface area contributed by atoms with Crippen molar-refractivity contribution in [3.05, 3.63) is 89.5 Å². The summed E-state index contributed by atoms with van der Waals surface area (Å²) in [5, 5.41) is 5.41. The van der Waals surface area contributed by atoms with Crippen molar-refractivity contribution in [2.45, 2.75) is 61.4 Å². The van der Waals surface area contributed by atoms with E-state index in [0.717, 1.165) is 29.6 Å². The molecular weight excluding hydrogens is 691 g/mol. The van der Waals surface area contributed by atoms with Gasteiger partial charge in [0.25, 0.3) is 0 Å². The maximum Gasteiger partial charge on any atom is 0.243 e. The van der Waals surface area contributed by atoms with Gasteiger partial charge in [0.05, 0.1) is 27.8 Å². The molecule has 1 fully saturated rings. The second-order valence-corrected chi connectivity index (χ2v) is 18.0. The SMILES string of the molecule is Cc1ccc(S(=O)(=O)N2CCN(S(=O)(=O)c3ccc(C)cc3)CC(=O)N[C@@H](C)[C@@H](C)NC(=O)CN(S(=O)(=O)c3ccc(C)cc3)CC2)cc1. The molecular formula is C33H43N5O8S3. The van der Waals surface area contributed by atoms with Gasteiger partial charge in [-0.1, -0.05) is 53.1 Å². The highest BCUT2D eigenvalue weighted by Gasteiger charge is 2.34. The summed E-state index contributed by atoms with van der Waals surface area (Å²) >= 11 is 0. The van der Waals surface area contributed by atoms with Crippen molar-refractivity contribution in [3.8, 4) is 0 Å². The summed E-state index contributed by atoms with van der Waals surface area (Å²) < 4.78 is 86.5. The van der Waals surface area contributed by atoms with Crippen molar-refractivity contribution in [3.63, 3.8) is 0 Å². The Morgan fingerprint density at radius 2 is 0.714 bits per heavy atom. The van der Waals surface area contributed by atoms with Gasteiger partial charge in [0.2, 0.25) is 41.9 Å². The first-order valence-electron chi connectivity index (χ1n) is 15.7. The van der Waals surface area contributed by atoms with E-state index in [0.29, 0.717) is 0 Å². The molecule has 3 aromatic carbocycles. The molecule has 0 spiro atoms. The van der Waals surface area contributed by atoms with Crippen molar-refractivity contribution in [1.82, 2.24) is 23.5 Å². The Morgan fingerprint density at radius 3 is 1.00 bits per heavy atom. The van der Waals surface area contributed by atoms with Gasteiger partial charge in [0.1, 0.15) is 0 Å². The standard InChI is InChI=1S/C33H43N5O8S3/c1-24-6-12-29(13-7-24)47(41,42)36-18-20-37(48(43,44)30-14-8-25(2)9-15-30)22-32(39)34-27(4)28(5)35-33(40)23-38(21-19-36)49(45,46)31-16-10-26(3)11-17-31/h6-17,27-28H,18-23H2,1-5H3,(H,34,39)(H,35,40)/t27-,28+. The van der Waals surface area contributed by atoms with Gasteiger partial charge in [0.15, 0.2) is 0 Å². The van der Waals surface area contributed by atoms with Gasteiger partial charge in [-0.05, 0) is 71.0 Å². The molecule has 3 aromatic rings. The minimum absolute atomic E-state index is 0.0826. The summed E-state index contributed by atoms with van der Waals surface area (Å²) in [5.41, 5.74) is 2.44. The average Bonchev–Trinajstić information content (AvgIpc) is 3.03. The highest BCUT2D eigenvalue weighted by atomic mass is 32.2. The van der Waals surface area contributed by atoms with E-state index in [9.17, 15) is 34.8 Å². The summed E-state index contributed by atoms with van der Waals surface area (Å²) in [4.78, 5) is 26.2. The molecule has 1 saturated heterocycles. The van der Waals surface area contributed by atoms with Gasteiger partial charge in [-0.3, -0.25) is 9.59 Å². The third kappa shape index (κ3) is 9.32. The van der Waals surface area contributed by atoms with Crippen LogP contribution in [-0.4, -0.2) is 101 Å². The Hall–Kier alpha value is -3.67. The number of carbonyl (C=O) groups excluding carboxylic acids is 2. The number of nitrogens with one attached hydrogen (secondary N) is 2. The molecule has 1 aliphatic heterocycles. The predicted molar refractivity (Wildman–Crippen MR) is 185 cm³/mol. The minimum Gasteiger partial charge on any atom is -0.350 e. The number of nitrogens with zero attached hydrogens (tertiary/aromatic N) is 3. The lowest BCUT2D eigenvalue weighted by atomic mass is 10.1. The predicted octanol–water partition coefficient (Wildman–Crippen LogP) is 2.01. The maximum absolute atomic E-state index is 14.1. The largest absolute Gasteiger partial charge is 0.350 e. The molecule has 0 aliphatic carbocycles. The molecule has 2 N–H and O–H groups in total. The van der Waals surface area contributed by atoms with Crippen LogP contribution in [0.3, 0.4) is 0 Å². The Morgan fingerprint density at radius 1 is 0.469 bits per heavy atom.